The molecule has 3 heterocycles. The maximum absolute atomic E-state index is 12.9. The third-order valence-electron chi connectivity index (χ3n) is 5.21. The van der Waals surface area contributed by atoms with Crippen LogP contribution in [-0.4, -0.2) is 64.1 Å². The molecule has 2 aromatic rings. The Morgan fingerprint density at radius 2 is 1.96 bits per heavy atom. The van der Waals surface area contributed by atoms with Crippen LogP contribution >= 0.6 is 0 Å². The highest BCUT2D eigenvalue weighted by Gasteiger charge is 2.40. The average Bonchev–Trinajstić information content (AvgIpc) is 3.24. The van der Waals surface area contributed by atoms with Crippen molar-refractivity contribution in [2.45, 2.75) is 24.9 Å². The summed E-state index contributed by atoms with van der Waals surface area (Å²) in [5.74, 6) is -0.0795. The van der Waals surface area contributed by atoms with E-state index in [2.05, 4.69) is 9.88 Å². The lowest BCUT2D eigenvalue weighted by Gasteiger charge is -2.28. The number of benzene rings is 1. The number of pyridine rings is 1. The fourth-order valence-electron chi connectivity index (χ4n) is 3.96. The van der Waals surface area contributed by atoms with Gasteiger partial charge >= 0.3 is 0 Å². The number of rotatable bonds is 3. The van der Waals surface area contributed by atoms with E-state index in [-0.39, 0.29) is 5.91 Å². The molecule has 0 spiro atoms. The Kier molecular flexibility index (Phi) is 3.98. The summed E-state index contributed by atoms with van der Waals surface area (Å²) in [7, 11) is 0. The van der Waals surface area contributed by atoms with Gasteiger partial charge in [0.05, 0.1) is 12.1 Å². The van der Waals surface area contributed by atoms with Crippen molar-refractivity contribution < 1.29 is 9.90 Å². The molecule has 1 N–H and O–H groups in total. The molecule has 24 heavy (non-hydrogen) atoms. The van der Waals surface area contributed by atoms with E-state index in [1.54, 1.807) is 11.1 Å². The zero-order valence-corrected chi connectivity index (χ0v) is 13.8. The summed E-state index contributed by atoms with van der Waals surface area (Å²) in [5.41, 5.74) is -0.302. The van der Waals surface area contributed by atoms with Gasteiger partial charge in [0, 0.05) is 24.7 Å². The molecule has 1 aromatic carbocycles. The summed E-state index contributed by atoms with van der Waals surface area (Å²) in [4.78, 5) is 21.3. The molecule has 0 bridgehead atoms. The van der Waals surface area contributed by atoms with Crippen LogP contribution in [0.1, 0.15) is 29.8 Å². The van der Waals surface area contributed by atoms with E-state index >= 15 is 0 Å². The third-order valence-corrected chi connectivity index (χ3v) is 5.21. The van der Waals surface area contributed by atoms with E-state index < -0.39 is 5.60 Å². The van der Waals surface area contributed by atoms with Gasteiger partial charge in [-0.05, 0) is 43.8 Å². The Balaban J connectivity index is 1.52. The molecule has 1 atom stereocenters. The number of aliphatic hydroxyl groups is 1. The van der Waals surface area contributed by atoms with Crippen LogP contribution in [0.2, 0.25) is 0 Å². The summed E-state index contributed by atoms with van der Waals surface area (Å²) < 4.78 is 0. The Morgan fingerprint density at radius 3 is 2.79 bits per heavy atom. The second kappa shape index (κ2) is 6.15. The molecule has 1 aromatic heterocycles. The number of nitrogens with zero attached hydrogens (tertiary/aromatic N) is 3. The van der Waals surface area contributed by atoms with E-state index in [0.29, 0.717) is 31.7 Å². The van der Waals surface area contributed by atoms with E-state index in [4.69, 9.17) is 0 Å². The Bertz CT molecular complexity index is 752. The molecule has 2 aliphatic heterocycles. The maximum atomic E-state index is 12.9. The lowest BCUT2D eigenvalue weighted by atomic mass is 10.0. The van der Waals surface area contributed by atoms with Crippen LogP contribution in [0.15, 0.2) is 36.5 Å². The van der Waals surface area contributed by atoms with Gasteiger partial charge in [-0.25, -0.2) is 0 Å². The van der Waals surface area contributed by atoms with Crippen LogP contribution in [0, 0.1) is 0 Å². The molecular weight excluding hydrogens is 302 g/mol. The van der Waals surface area contributed by atoms with Gasteiger partial charge in [0.1, 0.15) is 5.69 Å². The molecule has 1 amide bonds. The van der Waals surface area contributed by atoms with Crippen LogP contribution in [0.25, 0.3) is 10.8 Å². The van der Waals surface area contributed by atoms with E-state index in [1.807, 2.05) is 30.3 Å². The minimum Gasteiger partial charge on any atom is -0.387 e. The fraction of sp³-hybridized carbons (Fsp3) is 0.474. The molecule has 5 heteroatoms. The molecule has 4 rings (SSSR count). The van der Waals surface area contributed by atoms with Crippen molar-refractivity contribution in [1.82, 2.24) is 14.8 Å². The van der Waals surface area contributed by atoms with Crippen molar-refractivity contribution in [3.8, 4) is 0 Å². The predicted octanol–water partition coefficient (Wildman–Crippen LogP) is 1.91. The fourth-order valence-corrected chi connectivity index (χ4v) is 3.96. The number of likely N-dealkylation sites (tertiary alicyclic amines) is 2. The normalized spacial score (nSPS) is 24.8. The number of aromatic nitrogens is 1. The number of hydrogen-bond donors (Lipinski definition) is 1. The summed E-state index contributed by atoms with van der Waals surface area (Å²) in [6, 6.07) is 9.72. The first-order chi connectivity index (χ1) is 11.6. The van der Waals surface area contributed by atoms with Crippen LogP contribution in [0.3, 0.4) is 0 Å². The second-order valence-electron chi connectivity index (χ2n) is 7.06. The molecule has 0 aliphatic carbocycles. The highest BCUT2D eigenvalue weighted by Crippen LogP contribution is 2.26. The molecule has 2 fully saturated rings. The summed E-state index contributed by atoms with van der Waals surface area (Å²) >= 11 is 0. The van der Waals surface area contributed by atoms with Crippen molar-refractivity contribution >= 4 is 16.7 Å². The van der Waals surface area contributed by atoms with Crippen LogP contribution < -0.4 is 0 Å². The summed E-state index contributed by atoms with van der Waals surface area (Å²) in [6.45, 7) is 3.77. The summed E-state index contributed by atoms with van der Waals surface area (Å²) in [6.07, 6.45) is 4.74. The highest BCUT2D eigenvalue weighted by atomic mass is 16.3. The first-order valence-corrected chi connectivity index (χ1v) is 8.72. The van der Waals surface area contributed by atoms with Crippen LogP contribution in [-0.2, 0) is 0 Å². The smallest absolute Gasteiger partial charge is 0.273 e. The van der Waals surface area contributed by atoms with E-state index in [1.165, 1.54) is 12.8 Å². The number of β-amino-alcohol motifs (C(OH)–C–C–N with tert-alkyl or cyclic N) is 1. The van der Waals surface area contributed by atoms with Crippen molar-refractivity contribution in [2.75, 3.05) is 32.7 Å². The molecule has 2 saturated heterocycles. The average molecular weight is 325 g/mol. The monoisotopic (exact) mass is 325 g/mol. The topological polar surface area (TPSA) is 56.7 Å². The zero-order chi connectivity index (χ0) is 16.6. The molecule has 0 unspecified atom stereocenters. The van der Waals surface area contributed by atoms with Crippen molar-refractivity contribution in [1.29, 1.82) is 0 Å². The van der Waals surface area contributed by atoms with Gasteiger partial charge in [-0.2, -0.15) is 0 Å². The molecule has 0 radical (unpaired) electrons. The minimum absolute atomic E-state index is 0.0795. The van der Waals surface area contributed by atoms with Crippen molar-refractivity contribution in [2.24, 2.45) is 0 Å². The molecule has 126 valence electrons. The molecule has 2 aliphatic rings. The highest BCUT2D eigenvalue weighted by molar-refractivity contribution is 6.05. The summed E-state index contributed by atoms with van der Waals surface area (Å²) in [5, 5.41) is 12.8. The van der Waals surface area contributed by atoms with Crippen molar-refractivity contribution in [3.05, 3.63) is 42.2 Å². The van der Waals surface area contributed by atoms with Gasteiger partial charge in [0.2, 0.25) is 0 Å². The van der Waals surface area contributed by atoms with Gasteiger partial charge < -0.3 is 14.9 Å². The quantitative estimate of drug-likeness (QED) is 0.936. The van der Waals surface area contributed by atoms with Gasteiger partial charge in [-0.15, -0.1) is 0 Å². The Labute approximate surface area is 141 Å². The predicted molar refractivity (Wildman–Crippen MR) is 92.9 cm³/mol. The lowest BCUT2D eigenvalue weighted by Crippen LogP contribution is -2.45. The second-order valence-corrected chi connectivity index (χ2v) is 7.06. The Morgan fingerprint density at radius 1 is 1.17 bits per heavy atom. The standard InChI is InChI=1S/C19H23N3O2/c23-18(17-16-6-2-1-5-15(16)7-9-20-17)22-12-8-19(24,14-22)13-21-10-3-4-11-21/h1-2,5-7,9,24H,3-4,8,10-14H2/t19-/m0/s1. The number of amides is 1. The number of hydrogen-bond acceptors (Lipinski definition) is 4. The van der Waals surface area contributed by atoms with Gasteiger partial charge in [-0.3, -0.25) is 9.78 Å². The van der Waals surface area contributed by atoms with Crippen LogP contribution in [0.4, 0.5) is 0 Å². The number of fused-ring (bicyclic) bond motifs is 1. The molecule has 0 saturated carbocycles. The van der Waals surface area contributed by atoms with Gasteiger partial charge in [-0.1, -0.05) is 24.3 Å². The van der Waals surface area contributed by atoms with Gasteiger partial charge in [0.25, 0.3) is 5.91 Å². The van der Waals surface area contributed by atoms with Gasteiger partial charge in [0.15, 0.2) is 0 Å². The molecule has 5 nitrogen and oxygen atoms in total. The zero-order valence-electron chi connectivity index (χ0n) is 13.8. The van der Waals surface area contributed by atoms with E-state index in [9.17, 15) is 9.90 Å². The van der Waals surface area contributed by atoms with Crippen molar-refractivity contribution in [3.63, 3.8) is 0 Å². The number of carbonyl (C=O) groups is 1. The maximum Gasteiger partial charge on any atom is 0.273 e. The minimum atomic E-state index is -0.787. The molecular formula is C19H23N3O2. The lowest BCUT2D eigenvalue weighted by molar-refractivity contribution is 0.0175. The largest absolute Gasteiger partial charge is 0.387 e. The SMILES string of the molecule is O=C(c1nccc2ccccc12)N1CC[C@](O)(CN2CCCC2)C1. The Hall–Kier alpha value is -1.98. The van der Waals surface area contributed by atoms with Crippen LogP contribution in [0.5, 0.6) is 0 Å². The van der Waals surface area contributed by atoms with E-state index in [0.717, 1.165) is 23.9 Å². The first-order valence-electron chi connectivity index (χ1n) is 8.72. The number of carbonyl (C=O) groups excluding carboxylic acids is 1. The first kappa shape index (κ1) is 15.5. The third kappa shape index (κ3) is 2.89.